The van der Waals surface area contributed by atoms with E-state index in [1.807, 2.05) is 11.0 Å². The lowest BCUT2D eigenvalue weighted by molar-refractivity contribution is -0.193. The second kappa shape index (κ2) is 14.1. The van der Waals surface area contributed by atoms with E-state index in [0.717, 1.165) is 12.8 Å². The number of fused-ring (bicyclic) bond motifs is 1. The van der Waals surface area contributed by atoms with Crippen LogP contribution >= 0.6 is 0 Å². The zero-order chi connectivity index (χ0) is 32.6. The lowest BCUT2D eigenvalue weighted by atomic mass is 9.74. The number of rotatable bonds is 3. The normalized spacial score (nSPS) is 19.9. The number of hydrogen-bond acceptors (Lipinski definition) is 8. The second-order valence-corrected chi connectivity index (χ2v) is 9.66. The number of carboxylic acid groups (broad SMARTS) is 2. The van der Waals surface area contributed by atoms with Crippen molar-refractivity contribution in [3.05, 3.63) is 48.5 Å². The molecule has 0 spiro atoms. The van der Waals surface area contributed by atoms with Crippen molar-refractivity contribution >= 4 is 29.7 Å². The number of carbonyl (C=O) groups excluding carboxylic acids is 2. The minimum Gasteiger partial charge on any atom is -0.475 e. The average molecular weight is 623 g/mol. The van der Waals surface area contributed by atoms with Gasteiger partial charge < -0.3 is 24.9 Å². The van der Waals surface area contributed by atoms with Crippen molar-refractivity contribution in [2.75, 3.05) is 45.2 Å². The third-order valence-electron chi connectivity index (χ3n) is 6.51. The van der Waals surface area contributed by atoms with Crippen LogP contribution in [-0.2, 0) is 14.4 Å². The van der Waals surface area contributed by atoms with Crippen LogP contribution in [0.15, 0.2) is 42.9 Å². The van der Waals surface area contributed by atoms with Gasteiger partial charge in [-0.2, -0.15) is 26.3 Å². The number of aromatic nitrogens is 3. The van der Waals surface area contributed by atoms with Crippen LogP contribution in [-0.4, -0.2) is 111 Å². The quantitative estimate of drug-likeness (QED) is 0.488. The van der Waals surface area contributed by atoms with E-state index in [-0.39, 0.29) is 17.7 Å². The Hall–Kier alpha value is -4.51. The number of hydrogen-bond donors (Lipinski definition) is 2. The highest BCUT2D eigenvalue weighted by Crippen LogP contribution is 2.44. The summed E-state index contributed by atoms with van der Waals surface area (Å²) in [5.74, 6) is -4.83. The van der Waals surface area contributed by atoms with Gasteiger partial charge in [-0.1, -0.05) is 6.07 Å². The Morgan fingerprint density at radius 2 is 1.42 bits per heavy atom. The van der Waals surface area contributed by atoms with Crippen LogP contribution in [0.1, 0.15) is 23.3 Å². The topological polar surface area (TPSA) is 157 Å². The number of nitrogens with zero attached hydrogens (tertiary/aromatic N) is 6. The first-order chi connectivity index (χ1) is 19.9. The molecule has 0 saturated carbocycles. The van der Waals surface area contributed by atoms with Crippen molar-refractivity contribution < 1.29 is 55.7 Å². The largest absolute Gasteiger partial charge is 0.490 e. The molecule has 4 rings (SSSR count). The molecule has 2 atom stereocenters. The van der Waals surface area contributed by atoms with E-state index < -0.39 is 29.7 Å². The van der Waals surface area contributed by atoms with E-state index in [4.69, 9.17) is 19.8 Å². The van der Waals surface area contributed by atoms with Gasteiger partial charge in [0.15, 0.2) is 0 Å². The molecule has 2 amide bonds. The number of halogens is 6. The Labute approximate surface area is 240 Å². The first-order valence-electron chi connectivity index (χ1n) is 12.4. The minimum atomic E-state index is -5.08. The van der Waals surface area contributed by atoms with Gasteiger partial charge in [-0.15, -0.1) is 0 Å². The summed E-state index contributed by atoms with van der Waals surface area (Å²) < 4.78 is 63.5. The number of carboxylic acids is 2. The number of aliphatic carboxylic acids is 2. The predicted octanol–water partition coefficient (Wildman–Crippen LogP) is 2.59. The summed E-state index contributed by atoms with van der Waals surface area (Å²) in [7, 11) is 3.61. The third kappa shape index (κ3) is 9.24. The van der Waals surface area contributed by atoms with E-state index in [1.54, 1.807) is 55.8 Å². The van der Waals surface area contributed by atoms with Gasteiger partial charge in [-0.25, -0.2) is 19.6 Å². The van der Waals surface area contributed by atoms with Gasteiger partial charge in [0.1, 0.15) is 5.69 Å². The van der Waals surface area contributed by atoms with Gasteiger partial charge in [-0.3, -0.25) is 14.6 Å². The molecule has 0 aliphatic carbocycles. The minimum absolute atomic E-state index is 0.0105. The summed E-state index contributed by atoms with van der Waals surface area (Å²) >= 11 is 0. The number of carbonyl (C=O) groups is 4. The number of amides is 2. The molecule has 12 nitrogen and oxygen atoms in total. The number of likely N-dealkylation sites (tertiary alicyclic amines) is 1. The summed E-state index contributed by atoms with van der Waals surface area (Å²) in [4.78, 5) is 62.7. The summed E-state index contributed by atoms with van der Waals surface area (Å²) in [5, 5.41) is 14.2. The molecule has 0 radical (unpaired) electrons. The highest BCUT2D eigenvalue weighted by atomic mass is 19.4. The average Bonchev–Trinajstić information content (AvgIpc) is 3.21. The Kier molecular flexibility index (Phi) is 11.4. The molecule has 4 heterocycles. The van der Waals surface area contributed by atoms with Gasteiger partial charge in [0.2, 0.25) is 11.9 Å². The maximum atomic E-state index is 13.3. The molecule has 2 aromatic heterocycles. The molecular formula is C25H28F6N6O6. The number of pyridine rings is 1. The van der Waals surface area contributed by atoms with E-state index in [1.165, 1.54) is 0 Å². The SMILES string of the molecule is CN(C)C(=O)[C@]12CCCN(C(=O)c3ccccn3)C[C@H]1CN(c1ncccn1)C2.O=C(O)C(F)(F)F.O=C(O)C(F)(F)F. The Balaban J connectivity index is 0.000000384. The number of alkyl halides is 6. The van der Waals surface area contributed by atoms with E-state index in [0.29, 0.717) is 37.8 Å². The molecular weight excluding hydrogens is 594 g/mol. The van der Waals surface area contributed by atoms with Gasteiger partial charge in [0.25, 0.3) is 5.91 Å². The van der Waals surface area contributed by atoms with Gasteiger partial charge >= 0.3 is 24.3 Å². The van der Waals surface area contributed by atoms with Crippen LogP contribution in [0.5, 0.6) is 0 Å². The van der Waals surface area contributed by atoms with Crippen molar-refractivity contribution in [2.24, 2.45) is 11.3 Å². The molecule has 2 fully saturated rings. The second-order valence-electron chi connectivity index (χ2n) is 9.66. The standard InChI is InChI=1S/C21H26N6O2.2C2HF3O2/c1-25(2)19(29)21-8-5-12-26(18(28)17-7-3-4-9-22-17)13-16(21)14-27(15-21)20-23-10-6-11-24-20;2*3-2(4,5)1(6)7/h3-4,6-7,9-11,16H,5,8,12-15H2,1-2H3;2*(H,6,7)/t16-,21-;;/m0../s1. The van der Waals surface area contributed by atoms with Crippen LogP contribution in [0, 0.1) is 11.3 Å². The highest BCUT2D eigenvalue weighted by molar-refractivity contribution is 5.92. The van der Waals surface area contributed by atoms with Gasteiger partial charge in [-0.05, 0) is 31.0 Å². The lowest BCUT2D eigenvalue weighted by Gasteiger charge is -2.34. The maximum Gasteiger partial charge on any atom is 0.490 e. The van der Waals surface area contributed by atoms with Crippen LogP contribution in [0.4, 0.5) is 32.3 Å². The fraction of sp³-hybridized carbons (Fsp3) is 0.480. The van der Waals surface area contributed by atoms with Crippen LogP contribution in [0.3, 0.4) is 0 Å². The summed E-state index contributed by atoms with van der Waals surface area (Å²) in [6, 6.07) is 7.15. The molecule has 2 N–H and O–H groups in total. The number of anilines is 1. The molecule has 0 bridgehead atoms. The smallest absolute Gasteiger partial charge is 0.475 e. The van der Waals surface area contributed by atoms with Crippen LogP contribution in [0.2, 0.25) is 0 Å². The zero-order valence-corrected chi connectivity index (χ0v) is 22.8. The fourth-order valence-corrected chi connectivity index (χ4v) is 4.67. The summed E-state index contributed by atoms with van der Waals surface area (Å²) in [6.45, 7) is 2.38. The molecule has 18 heteroatoms. The lowest BCUT2D eigenvalue weighted by Crippen LogP contribution is -2.47. The molecule has 43 heavy (non-hydrogen) atoms. The van der Waals surface area contributed by atoms with Gasteiger partial charge in [0, 0.05) is 64.8 Å². The highest BCUT2D eigenvalue weighted by Gasteiger charge is 2.54. The van der Waals surface area contributed by atoms with Crippen molar-refractivity contribution in [3.8, 4) is 0 Å². The molecule has 2 saturated heterocycles. The van der Waals surface area contributed by atoms with Crippen molar-refractivity contribution in [1.29, 1.82) is 0 Å². The molecule has 2 aromatic rings. The molecule has 236 valence electrons. The first-order valence-corrected chi connectivity index (χ1v) is 12.4. The predicted molar refractivity (Wildman–Crippen MR) is 136 cm³/mol. The zero-order valence-electron chi connectivity index (χ0n) is 22.8. The molecule has 0 aromatic carbocycles. The third-order valence-corrected chi connectivity index (χ3v) is 6.51. The van der Waals surface area contributed by atoms with Crippen molar-refractivity contribution in [2.45, 2.75) is 25.2 Å². The van der Waals surface area contributed by atoms with E-state index in [9.17, 15) is 35.9 Å². The maximum absolute atomic E-state index is 13.3. The fourth-order valence-electron chi connectivity index (χ4n) is 4.67. The van der Waals surface area contributed by atoms with Crippen molar-refractivity contribution in [3.63, 3.8) is 0 Å². The molecule has 2 aliphatic rings. The summed E-state index contributed by atoms with van der Waals surface area (Å²) in [5.41, 5.74) is -0.0952. The van der Waals surface area contributed by atoms with Crippen LogP contribution in [0.25, 0.3) is 0 Å². The summed E-state index contributed by atoms with van der Waals surface area (Å²) in [6.07, 6.45) is -3.58. The van der Waals surface area contributed by atoms with Crippen LogP contribution < -0.4 is 4.90 Å². The molecule has 0 unspecified atom stereocenters. The van der Waals surface area contributed by atoms with Crippen molar-refractivity contribution in [1.82, 2.24) is 24.8 Å². The van der Waals surface area contributed by atoms with E-state index in [2.05, 4.69) is 19.9 Å². The van der Waals surface area contributed by atoms with E-state index >= 15 is 0 Å². The Morgan fingerprint density at radius 3 is 1.88 bits per heavy atom. The monoisotopic (exact) mass is 622 g/mol. The molecule has 2 aliphatic heterocycles. The Bertz CT molecular complexity index is 1240. The first kappa shape index (κ1) is 34.7. The van der Waals surface area contributed by atoms with Gasteiger partial charge in [0.05, 0.1) is 5.41 Å². The Morgan fingerprint density at radius 1 is 0.884 bits per heavy atom.